The summed E-state index contributed by atoms with van der Waals surface area (Å²) in [5.74, 6) is 2.24. The number of hydrogen-bond acceptors (Lipinski definition) is 8. The molecule has 0 spiro atoms. The second-order valence-electron chi connectivity index (χ2n) is 8.93. The van der Waals surface area contributed by atoms with E-state index in [2.05, 4.69) is 45.3 Å². The van der Waals surface area contributed by atoms with Gasteiger partial charge in [0, 0.05) is 62.7 Å². The Bertz CT molecular complexity index is 1310. The molecule has 1 aliphatic rings. The molecule has 1 N–H and O–H groups in total. The third-order valence-corrected chi connectivity index (χ3v) is 7.08. The van der Waals surface area contributed by atoms with Gasteiger partial charge in [-0.25, -0.2) is 9.97 Å². The van der Waals surface area contributed by atoms with E-state index in [9.17, 15) is 4.79 Å². The number of anilines is 1. The van der Waals surface area contributed by atoms with Crippen LogP contribution in [0.25, 0.3) is 11.3 Å². The van der Waals surface area contributed by atoms with Crippen molar-refractivity contribution < 1.29 is 9.21 Å². The maximum Gasteiger partial charge on any atom is 0.287 e. The number of benzene rings is 1. The molecular weight excluding hydrogens is 484 g/mol. The average molecular weight is 515 g/mol. The Morgan fingerprint density at radius 2 is 1.81 bits per heavy atom. The monoisotopic (exact) mass is 514 g/mol. The second kappa shape index (κ2) is 12.0. The largest absolute Gasteiger partial charge is 0.455 e. The molecule has 0 aliphatic carbocycles. The number of aromatic nitrogens is 3. The van der Waals surface area contributed by atoms with E-state index < -0.39 is 0 Å². The van der Waals surface area contributed by atoms with E-state index in [-0.39, 0.29) is 5.91 Å². The molecule has 1 aliphatic heterocycles. The van der Waals surface area contributed by atoms with Crippen molar-refractivity contribution in [3.63, 3.8) is 0 Å². The van der Waals surface area contributed by atoms with Crippen molar-refractivity contribution in [1.82, 2.24) is 25.2 Å². The Morgan fingerprint density at radius 1 is 1.00 bits per heavy atom. The third-order valence-electron chi connectivity index (χ3n) is 6.21. The lowest BCUT2D eigenvalue weighted by Gasteiger charge is -2.33. The third kappa shape index (κ3) is 6.75. The highest BCUT2D eigenvalue weighted by atomic mass is 32.2. The summed E-state index contributed by atoms with van der Waals surface area (Å²) >= 11 is 1.51. The number of pyridine rings is 1. The zero-order valence-corrected chi connectivity index (χ0v) is 21.7. The van der Waals surface area contributed by atoms with Crippen LogP contribution >= 0.6 is 11.8 Å². The van der Waals surface area contributed by atoms with Gasteiger partial charge in [-0.05, 0) is 31.3 Å². The maximum atomic E-state index is 12.5. The minimum atomic E-state index is -0.230. The summed E-state index contributed by atoms with van der Waals surface area (Å²) in [6, 6.07) is 21.6. The second-order valence-corrected chi connectivity index (χ2v) is 9.87. The molecule has 0 saturated carbocycles. The fourth-order valence-electron chi connectivity index (χ4n) is 4.08. The Hall–Kier alpha value is -3.69. The molecule has 1 fully saturated rings. The molecule has 1 aromatic carbocycles. The van der Waals surface area contributed by atoms with Crippen LogP contribution in [0.4, 0.5) is 5.82 Å². The number of likely N-dealkylation sites (N-methyl/N-ethyl adjacent to an activating group) is 1. The fraction of sp³-hybridized carbons (Fsp3) is 0.286. The van der Waals surface area contributed by atoms with Gasteiger partial charge in [0.25, 0.3) is 5.91 Å². The summed E-state index contributed by atoms with van der Waals surface area (Å²) in [7, 11) is 2.15. The van der Waals surface area contributed by atoms with Gasteiger partial charge in [-0.3, -0.25) is 9.78 Å². The first-order valence-electron chi connectivity index (χ1n) is 12.4. The molecule has 0 atom stereocenters. The van der Waals surface area contributed by atoms with Crippen LogP contribution in [0.3, 0.4) is 0 Å². The van der Waals surface area contributed by atoms with Crippen molar-refractivity contribution in [2.75, 3.05) is 44.7 Å². The molecular formula is C28H30N6O2S. The van der Waals surface area contributed by atoms with Gasteiger partial charge in [0.15, 0.2) is 10.9 Å². The first kappa shape index (κ1) is 25.0. The summed E-state index contributed by atoms with van der Waals surface area (Å²) in [5.41, 5.74) is 2.90. The summed E-state index contributed by atoms with van der Waals surface area (Å²) in [5, 5.41) is 3.58. The van der Waals surface area contributed by atoms with Gasteiger partial charge in [0.05, 0.1) is 11.4 Å². The topological polar surface area (TPSA) is 87.4 Å². The average Bonchev–Trinajstić information content (AvgIpc) is 3.43. The lowest BCUT2D eigenvalue weighted by molar-refractivity contribution is 0.0925. The van der Waals surface area contributed by atoms with E-state index >= 15 is 0 Å². The number of amides is 1. The number of carbonyl (C=O) groups excluding carboxylic acids is 1. The number of nitrogens with one attached hydrogen (secondary N) is 1. The maximum absolute atomic E-state index is 12.5. The molecule has 3 aromatic heterocycles. The van der Waals surface area contributed by atoms with Crippen LogP contribution in [0.15, 0.2) is 82.5 Å². The van der Waals surface area contributed by atoms with E-state index in [1.165, 1.54) is 11.8 Å². The van der Waals surface area contributed by atoms with Gasteiger partial charge in [0.1, 0.15) is 11.6 Å². The summed E-state index contributed by atoms with van der Waals surface area (Å²) in [6.07, 6.45) is 2.42. The van der Waals surface area contributed by atoms with Crippen molar-refractivity contribution in [3.05, 3.63) is 90.1 Å². The highest BCUT2D eigenvalue weighted by molar-refractivity contribution is 7.98. The van der Waals surface area contributed by atoms with Crippen molar-refractivity contribution in [2.45, 2.75) is 17.3 Å². The number of rotatable bonds is 9. The predicted molar refractivity (Wildman–Crippen MR) is 146 cm³/mol. The van der Waals surface area contributed by atoms with Crippen LogP contribution < -0.4 is 10.2 Å². The molecule has 4 heterocycles. The summed E-state index contributed by atoms with van der Waals surface area (Å²) in [6.45, 7) is 4.37. The molecule has 0 unspecified atom stereocenters. The standard InChI is InChI=1S/C28H30N6O2S/c1-33-15-17-34(18-16-33)26-19-24(21-7-3-2-4-8-21)31-28(32-26)37-20-23-10-11-25(36-23)27(35)30-14-12-22-9-5-6-13-29-22/h2-11,13,19H,12,14-18,20H2,1H3,(H,30,35). The molecule has 0 bridgehead atoms. The molecule has 37 heavy (non-hydrogen) atoms. The lowest BCUT2D eigenvalue weighted by Crippen LogP contribution is -2.44. The predicted octanol–water partition coefficient (Wildman–Crippen LogP) is 4.15. The van der Waals surface area contributed by atoms with Crippen LogP contribution in [-0.4, -0.2) is 65.5 Å². The molecule has 1 amide bonds. The molecule has 1 saturated heterocycles. The van der Waals surface area contributed by atoms with Crippen LogP contribution in [0, 0.1) is 0 Å². The first-order chi connectivity index (χ1) is 18.1. The Labute approximate surface area is 221 Å². The Balaban J connectivity index is 1.24. The lowest BCUT2D eigenvalue weighted by atomic mass is 10.1. The van der Waals surface area contributed by atoms with E-state index in [0.717, 1.165) is 48.9 Å². The van der Waals surface area contributed by atoms with Crippen molar-refractivity contribution in [3.8, 4) is 11.3 Å². The number of carbonyl (C=O) groups is 1. The zero-order chi connectivity index (χ0) is 25.5. The van der Waals surface area contributed by atoms with Gasteiger partial charge in [-0.1, -0.05) is 48.2 Å². The molecule has 9 heteroatoms. The number of hydrogen-bond donors (Lipinski definition) is 1. The number of piperazine rings is 1. The van der Waals surface area contributed by atoms with E-state index in [0.29, 0.717) is 35.4 Å². The van der Waals surface area contributed by atoms with Crippen molar-refractivity contribution in [1.29, 1.82) is 0 Å². The van der Waals surface area contributed by atoms with Gasteiger partial charge >= 0.3 is 0 Å². The fourth-order valence-corrected chi connectivity index (χ4v) is 4.83. The summed E-state index contributed by atoms with van der Waals surface area (Å²) < 4.78 is 5.82. The number of thioether (sulfide) groups is 1. The van der Waals surface area contributed by atoms with Gasteiger partial charge in [0.2, 0.25) is 0 Å². The Morgan fingerprint density at radius 3 is 2.59 bits per heavy atom. The van der Waals surface area contributed by atoms with E-state index in [1.54, 1.807) is 12.3 Å². The van der Waals surface area contributed by atoms with E-state index in [4.69, 9.17) is 14.4 Å². The van der Waals surface area contributed by atoms with Crippen LogP contribution in [0.2, 0.25) is 0 Å². The van der Waals surface area contributed by atoms with Gasteiger partial charge in [-0.15, -0.1) is 0 Å². The minimum absolute atomic E-state index is 0.230. The Kier molecular flexibility index (Phi) is 8.12. The van der Waals surface area contributed by atoms with Gasteiger partial charge in [-0.2, -0.15) is 0 Å². The zero-order valence-electron chi connectivity index (χ0n) is 20.8. The number of nitrogens with zero attached hydrogens (tertiary/aromatic N) is 5. The number of furan rings is 1. The summed E-state index contributed by atoms with van der Waals surface area (Å²) in [4.78, 5) is 31.1. The van der Waals surface area contributed by atoms with E-state index in [1.807, 2.05) is 42.5 Å². The smallest absolute Gasteiger partial charge is 0.287 e. The molecule has 0 radical (unpaired) electrons. The normalized spacial score (nSPS) is 14.0. The van der Waals surface area contributed by atoms with Crippen LogP contribution in [-0.2, 0) is 12.2 Å². The highest BCUT2D eigenvalue weighted by Gasteiger charge is 2.18. The molecule has 4 aromatic rings. The highest BCUT2D eigenvalue weighted by Crippen LogP contribution is 2.28. The minimum Gasteiger partial charge on any atom is -0.455 e. The van der Waals surface area contributed by atoms with Crippen LogP contribution in [0.5, 0.6) is 0 Å². The quantitative estimate of drug-likeness (QED) is 0.263. The molecule has 5 rings (SSSR count). The van der Waals surface area contributed by atoms with Gasteiger partial charge < -0.3 is 19.5 Å². The van der Waals surface area contributed by atoms with Crippen molar-refractivity contribution >= 4 is 23.5 Å². The SMILES string of the molecule is CN1CCN(c2cc(-c3ccccc3)nc(SCc3ccc(C(=O)NCCc4ccccn4)o3)n2)CC1. The van der Waals surface area contributed by atoms with Crippen LogP contribution in [0.1, 0.15) is 22.0 Å². The molecule has 8 nitrogen and oxygen atoms in total. The first-order valence-corrected chi connectivity index (χ1v) is 13.4. The van der Waals surface area contributed by atoms with Crippen molar-refractivity contribution in [2.24, 2.45) is 0 Å². The molecule has 190 valence electrons.